The SMILES string of the molecule is CC(COc1ncc2ccccc2n1)c1ccc(Oc2ccccc2)cc1. The van der Waals surface area contributed by atoms with E-state index >= 15 is 0 Å². The summed E-state index contributed by atoms with van der Waals surface area (Å²) in [5.74, 6) is 1.86. The Hall–Kier alpha value is -3.40. The van der Waals surface area contributed by atoms with Crippen molar-refractivity contribution in [2.45, 2.75) is 12.8 Å². The van der Waals surface area contributed by atoms with Crippen LogP contribution in [-0.2, 0) is 0 Å². The van der Waals surface area contributed by atoms with Crippen LogP contribution in [0.15, 0.2) is 85.1 Å². The number of hydrogen-bond donors (Lipinski definition) is 0. The predicted molar refractivity (Wildman–Crippen MR) is 106 cm³/mol. The minimum Gasteiger partial charge on any atom is -0.463 e. The molecule has 4 nitrogen and oxygen atoms in total. The molecule has 0 aliphatic heterocycles. The van der Waals surface area contributed by atoms with Gasteiger partial charge < -0.3 is 9.47 Å². The molecule has 0 radical (unpaired) electrons. The van der Waals surface area contributed by atoms with Crippen LogP contribution < -0.4 is 9.47 Å². The lowest BCUT2D eigenvalue weighted by molar-refractivity contribution is 0.274. The first-order chi connectivity index (χ1) is 13.3. The molecule has 0 aliphatic rings. The first-order valence-corrected chi connectivity index (χ1v) is 8.95. The van der Waals surface area contributed by atoms with E-state index in [1.165, 1.54) is 5.56 Å². The maximum absolute atomic E-state index is 5.83. The molecular formula is C23H20N2O2. The van der Waals surface area contributed by atoms with Crippen LogP contribution in [0.5, 0.6) is 17.5 Å². The van der Waals surface area contributed by atoms with Gasteiger partial charge in [0, 0.05) is 17.5 Å². The second-order valence-corrected chi connectivity index (χ2v) is 6.41. The zero-order valence-electron chi connectivity index (χ0n) is 15.1. The van der Waals surface area contributed by atoms with Gasteiger partial charge in [0.15, 0.2) is 0 Å². The minimum absolute atomic E-state index is 0.214. The Morgan fingerprint density at radius 2 is 1.52 bits per heavy atom. The van der Waals surface area contributed by atoms with E-state index in [0.717, 1.165) is 22.4 Å². The third-order valence-electron chi connectivity index (χ3n) is 4.36. The number of ether oxygens (including phenoxy) is 2. The number of para-hydroxylation sites is 2. The fourth-order valence-electron chi connectivity index (χ4n) is 2.81. The second-order valence-electron chi connectivity index (χ2n) is 6.41. The van der Waals surface area contributed by atoms with Gasteiger partial charge in [0.25, 0.3) is 0 Å². The zero-order valence-corrected chi connectivity index (χ0v) is 15.1. The van der Waals surface area contributed by atoms with Crippen molar-refractivity contribution in [2.24, 2.45) is 0 Å². The first kappa shape index (κ1) is 17.0. The Morgan fingerprint density at radius 3 is 2.33 bits per heavy atom. The highest BCUT2D eigenvalue weighted by molar-refractivity contribution is 5.77. The third-order valence-corrected chi connectivity index (χ3v) is 4.36. The van der Waals surface area contributed by atoms with E-state index in [2.05, 4.69) is 29.0 Å². The van der Waals surface area contributed by atoms with Gasteiger partial charge in [-0.3, -0.25) is 0 Å². The van der Waals surface area contributed by atoms with Gasteiger partial charge in [-0.25, -0.2) is 4.98 Å². The molecule has 1 unspecified atom stereocenters. The highest BCUT2D eigenvalue weighted by Crippen LogP contribution is 2.24. The highest BCUT2D eigenvalue weighted by atomic mass is 16.5. The van der Waals surface area contributed by atoms with Crippen LogP contribution in [0.3, 0.4) is 0 Å². The second kappa shape index (κ2) is 7.87. The summed E-state index contributed by atoms with van der Waals surface area (Å²) in [6, 6.07) is 26.1. The molecule has 0 bridgehead atoms. The van der Waals surface area contributed by atoms with E-state index in [9.17, 15) is 0 Å². The molecule has 0 N–H and O–H groups in total. The lowest BCUT2D eigenvalue weighted by atomic mass is 10.0. The summed E-state index contributed by atoms with van der Waals surface area (Å²) in [5.41, 5.74) is 2.06. The van der Waals surface area contributed by atoms with Crippen molar-refractivity contribution in [3.05, 3.63) is 90.6 Å². The van der Waals surface area contributed by atoms with Crippen LogP contribution >= 0.6 is 0 Å². The molecule has 134 valence electrons. The maximum Gasteiger partial charge on any atom is 0.316 e. The summed E-state index contributed by atoms with van der Waals surface area (Å²) in [4.78, 5) is 8.73. The summed E-state index contributed by atoms with van der Waals surface area (Å²) in [6.07, 6.45) is 1.79. The molecule has 27 heavy (non-hydrogen) atoms. The third kappa shape index (κ3) is 4.23. The zero-order chi connectivity index (χ0) is 18.5. The lowest BCUT2D eigenvalue weighted by Gasteiger charge is -2.13. The van der Waals surface area contributed by atoms with Crippen LogP contribution in [-0.4, -0.2) is 16.6 Å². The van der Waals surface area contributed by atoms with Crippen LogP contribution in [0, 0.1) is 0 Å². The molecule has 1 atom stereocenters. The topological polar surface area (TPSA) is 44.2 Å². The quantitative estimate of drug-likeness (QED) is 0.451. The van der Waals surface area contributed by atoms with E-state index in [1.54, 1.807) is 6.20 Å². The molecule has 0 spiro atoms. The van der Waals surface area contributed by atoms with Crippen molar-refractivity contribution in [3.8, 4) is 17.5 Å². The van der Waals surface area contributed by atoms with Gasteiger partial charge in [0.05, 0.1) is 12.1 Å². The molecule has 4 aromatic rings. The van der Waals surface area contributed by atoms with Crippen LogP contribution in [0.25, 0.3) is 10.9 Å². The van der Waals surface area contributed by atoms with E-state index in [0.29, 0.717) is 12.6 Å². The molecule has 0 saturated carbocycles. The fraction of sp³-hybridized carbons (Fsp3) is 0.130. The van der Waals surface area contributed by atoms with Crippen LogP contribution in [0.2, 0.25) is 0 Å². The summed E-state index contributed by atoms with van der Waals surface area (Å²) in [7, 11) is 0. The normalized spacial score (nSPS) is 11.9. The molecule has 0 amide bonds. The molecule has 3 aromatic carbocycles. The molecule has 0 fully saturated rings. The maximum atomic E-state index is 5.83. The van der Waals surface area contributed by atoms with Gasteiger partial charge in [0.1, 0.15) is 11.5 Å². The van der Waals surface area contributed by atoms with E-state index in [4.69, 9.17) is 9.47 Å². The van der Waals surface area contributed by atoms with Crippen molar-refractivity contribution >= 4 is 10.9 Å². The Bertz CT molecular complexity index is 1020. The number of hydrogen-bond acceptors (Lipinski definition) is 4. The summed E-state index contributed by atoms with van der Waals surface area (Å²) < 4.78 is 11.6. The van der Waals surface area contributed by atoms with Gasteiger partial charge in [-0.05, 0) is 35.9 Å². The van der Waals surface area contributed by atoms with Crippen LogP contribution in [0.4, 0.5) is 0 Å². The molecule has 0 saturated heterocycles. The smallest absolute Gasteiger partial charge is 0.316 e. The number of rotatable bonds is 6. The number of fused-ring (bicyclic) bond motifs is 1. The minimum atomic E-state index is 0.214. The lowest BCUT2D eigenvalue weighted by Crippen LogP contribution is -2.08. The molecule has 1 heterocycles. The van der Waals surface area contributed by atoms with Crippen molar-refractivity contribution in [1.29, 1.82) is 0 Å². The van der Waals surface area contributed by atoms with E-state index < -0.39 is 0 Å². The first-order valence-electron chi connectivity index (χ1n) is 8.95. The number of nitrogens with zero attached hydrogens (tertiary/aromatic N) is 2. The summed E-state index contributed by atoms with van der Waals surface area (Å²) >= 11 is 0. The monoisotopic (exact) mass is 356 g/mol. The Morgan fingerprint density at radius 1 is 0.815 bits per heavy atom. The van der Waals surface area contributed by atoms with Gasteiger partial charge in [-0.1, -0.05) is 55.5 Å². The highest BCUT2D eigenvalue weighted by Gasteiger charge is 2.09. The predicted octanol–water partition coefficient (Wildman–Crippen LogP) is 5.60. The van der Waals surface area contributed by atoms with Gasteiger partial charge in [-0.15, -0.1) is 0 Å². The van der Waals surface area contributed by atoms with Crippen molar-refractivity contribution in [2.75, 3.05) is 6.61 Å². The molecular weight excluding hydrogens is 336 g/mol. The van der Waals surface area contributed by atoms with Gasteiger partial charge in [-0.2, -0.15) is 4.98 Å². The Kier molecular flexibility index (Phi) is 4.97. The van der Waals surface area contributed by atoms with Crippen molar-refractivity contribution in [1.82, 2.24) is 9.97 Å². The Balaban J connectivity index is 1.38. The Labute approximate surface area is 158 Å². The fourth-order valence-corrected chi connectivity index (χ4v) is 2.81. The van der Waals surface area contributed by atoms with Gasteiger partial charge in [0.2, 0.25) is 0 Å². The standard InChI is InChI=1S/C23H20N2O2/c1-17(16-26-23-24-15-19-7-5-6-10-22(19)25-23)18-11-13-21(14-12-18)27-20-8-3-2-4-9-20/h2-15,17H,16H2,1H3. The summed E-state index contributed by atoms with van der Waals surface area (Å²) in [6.45, 7) is 2.63. The van der Waals surface area contributed by atoms with Crippen molar-refractivity contribution < 1.29 is 9.47 Å². The van der Waals surface area contributed by atoms with Gasteiger partial charge >= 0.3 is 6.01 Å². The number of benzene rings is 3. The van der Waals surface area contributed by atoms with E-state index in [-0.39, 0.29) is 5.92 Å². The average Bonchev–Trinajstić information content (AvgIpc) is 2.73. The van der Waals surface area contributed by atoms with Crippen molar-refractivity contribution in [3.63, 3.8) is 0 Å². The molecule has 1 aromatic heterocycles. The molecule has 4 rings (SSSR count). The summed E-state index contributed by atoms with van der Waals surface area (Å²) in [5, 5.41) is 1.01. The molecule has 0 aliphatic carbocycles. The number of aromatic nitrogens is 2. The van der Waals surface area contributed by atoms with Crippen LogP contribution in [0.1, 0.15) is 18.4 Å². The largest absolute Gasteiger partial charge is 0.463 e. The molecule has 4 heteroatoms. The van der Waals surface area contributed by atoms with E-state index in [1.807, 2.05) is 66.7 Å². The average molecular weight is 356 g/mol.